The molecule has 2 N–H and O–H groups in total. The maximum absolute atomic E-state index is 11.9. The summed E-state index contributed by atoms with van der Waals surface area (Å²) in [6.07, 6.45) is 1.58. The summed E-state index contributed by atoms with van der Waals surface area (Å²) in [6, 6.07) is 6.01. The summed E-state index contributed by atoms with van der Waals surface area (Å²) in [7, 11) is 0. The van der Waals surface area contributed by atoms with Crippen LogP contribution in [0.1, 0.15) is 32.3 Å². The first kappa shape index (κ1) is 15.8. The number of nitrogens with zero attached hydrogens (tertiary/aromatic N) is 1. The zero-order valence-corrected chi connectivity index (χ0v) is 13.7. The highest BCUT2D eigenvalue weighted by molar-refractivity contribution is 7.80. The second-order valence-electron chi connectivity index (χ2n) is 5.88. The van der Waals surface area contributed by atoms with Crippen LogP contribution in [0.3, 0.4) is 0 Å². The van der Waals surface area contributed by atoms with E-state index < -0.39 is 0 Å². The van der Waals surface area contributed by atoms with Crippen LogP contribution in [0.15, 0.2) is 18.2 Å². The minimum Gasteiger partial charge on any atom is -0.362 e. The lowest BCUT2D eigenvalue weighted by molar-refractivity contribution is -0.117. The van der Waals surface area contributed by atoms with Gasteiger partial charge in [-0.25, -0.2) is 0 Å². The smallest absolute Gasteiger partial charge is 0.227 e. The Kier molecular flexibility index (Phi) is 5.17. The molecular weight excluding hydrogens is 282 g/mol. The zero-order valence-electron chi connectivity index (χ0n) is 12.9. The standard InChI is InChI=1S/C16H23N3OS/c1-11(2)10-17-16(21)18-13-7-6-12(3)14(9-13)19-8-4-5-15(19)20/h6-7,9,11H,4-5,8,10H2,1-3H3,(H2,17,18,21). The van der Waals surface area contributed by atoms with Gasteiger partial charge in [0.25, 0.3) is 0 Å². The van der Waals surface area contributed by atoms with Gasteiger partial charge in [-0.15, -0.1) is 0 Å². The van der Waals surface area contributed by atoms with E-state index in [1.54, 1.807) is 0 Å². The van der Waals surface area contributed by atoms with Gasteiger partial charge in [-0.1, -0.05) is 19.9 Å². The number of carbonyl (C=O) groups excluding carboxylic acids is 1. The number of aryl methyl sites for hydroxylation is 1. The van der Waals surface area contributed by atoms with Gasteiger partial charge in [0, 0.05) is 30.9 Å². The topological polar surface area (TPSA) is 44.4 Å². The van der Waals surface area contributed by atoms with Gasteiger partial charge in [0.15, 0.2) is 5.11 Å². The fourth-order valence-electron chi connectivity index (χ4n) is 2.35. The van der Waals surface area contributed by atoms with Crippen molar-refractivity contribution in [2.24, 2.45) is 5.92 Å². The zero-order chi connectivity index (χ0) is 15.4. The third kappa shape index (κ3) is 4.17. The first-order valence-electron chi connectivity index (χ1n) is 7.43. The first-order chi connectivity index (χ1) is 9.97. The van der Waals surface area contributed by atoms with E-state index in [1.807, 2.05) is 30.0 Å². The fourth-order valence-corrected chi connectivity index (χ4v) is 2.55. The van der Waals surface area contributed by atoms with Crippen LogP contribution in [0.4, 0.5) is 11.4 Å². The van der Waals surface area contributed by atoms with Crippen LogP contribution in [0.25, 0.3) is 0 Å². The number of hydrogen-bond acceptors (Lipinski definition) is 2. The molecule has 1 aliphatic heterocycles. The molecule has 1 fully saturated rings. The number of thiocarbonyl (C=S) groups is 1. The molecule has 0 unspecified atom stereocenters. The normalized spacial score (nSPS) is 14.7. The summed E-state index contributed by atoms with van der Waals surface area (Å²) in [4.78, 5) is 13.8. The fraction of sp³-hybridized carbons (Fsp3) is 0.500. The largest absolute Gasteiger partial charge is 0.362 e. The monoisotopic (exact) mass is 305 g/mol. The van der Waals surface area contributed by atoms with Gasteiger partial charge in [0.05, 0.1) is 0 Å². The predicted octanol–water partition coefficient (Wildman–Crippen LogP) is 3.06. The van der Waals surface area contributed by atoms with E-state index in [-0.39, 0.29) is 5.91 Å². The highest BCUT2D eigenvalue weighted by Crippen LogP contribution is 2.28. The van der Waals surface area contributed by atoms with E-state index in [9.17, 15) is 4.79 Å². The third-order valence-electron chi connectivity index (χ3n) is 3.50. The second-order valence-corrected chi connectivity index (χ2v) is 6.29. The Morgan fingerprint density at radius 3 is 2.81 bits per heavy atom. The Bertz CT molecular complexity index is 542. The molecule has 0 bridgehead atoms. The molecule has 1 amide bonds. The van der Waals surface area contributed by atoms with Gasteiger partial charge in [0.1, 0.15) is 0 Å². The third-order valence-corrected chi connectivity index (χ3v) is 3.75. The van der Waals surface area contributed by atoms with Crippen molar-refractivity contribution < 1.29 is 4.79 Å². The van der Waals surface area contributed by atoms with Crippen molar-refractivity contribution in [2.75, 3.05) is 23.3 Å². The van der Waals surface area contributed by atoms with Crippen LogP contribution in [-0.2, 0) is 4.79 Å². The van der Waals surface area contributed by atoms with Gasteiger partial charge in [-0.05, 0) is 49.2 Å². The highest BCUT2D eigenvalue weighted by Gasteiger charge is 2.23. The van der Waals surface area contributed by atoms with Crippen LogP contribution < -0.4 is 15.5 Å². The van der Waals surface area contributed by atoms with Gasteiger partial charge < -0.3 is 15.5 Å². The van der Waals surface area contributed by atoms with E-state index in [2.05, 4.69) is 24.5 Å². The van der Waals surface area contributed by atoms with Crippen molar-refractivity contribution in [3.05, 3.63) is 23.8 Å². The first-order valence-corrected chi connectivity index (χ1v) is 7.84. The molecule has 0 aliphatic carbocycles. The molecule has 1 heterocycles. The molecule has 1 aliphatic rings. The van der Waals surface area contributed by atoms with Crippen LogP contribution in [-0.4, -0.2) is 24.1 Å². The Balaban J connectivity index is 2.08. The van der Waals surface area contributed by atoms with Crippen molar-refractivity contribution in [2.45, 2.75) is 33.6 Å². The summed E-state index contributed by atoms with van der Waals surface area (Å²) in [6.45, 7) is 7.95. The summed E-state index contributed by atoms with van der Waals surface area (Å²) in [5.41, 5.74) is 3.00. The SMILES string of the molecule is Cc1ccc(NC(=S)NCC(C)C)cc1N1CCCC1=O. The Morgan fingerprint density at radius 1 is 1.43 bits per heavy atom. The Labute approximate surface area is 131 Å². The molecule has 0 atom stereocenters. The number of benzene rings is 1. The quantitative estimate of drug-likeness (QED) is 0.839. The van der Waals surface area contributed by atoms with Crippen molar-refractivity contribution in [3.63, 3.8) is 0 Å². The summed E-state index contributed by atoms with van der Waals surface area (Å²) in [5.74, 6) is 0.747. The lowest BCUT2D eigenvalue weighted by Crippen LogP contribution is -2.31. The molecule has 0 radical (unpaired) electrons. The van der Waals surface area contributed by atoms with Crippen LogP contribution in [0.5, 0.6) is 0 Å². The number of anilines is 2. The van der Waals surface area contributed by atoms with Crippen molar-refractivity contribution in [3.8, 4) is 0 Å². The van der Waals surface area contributed by atoms with Crippen molar-refractivity contribution in [1.29, 1.82) is 0 Å². The molecule has 114 valence electrons. The molecule has 5 heteroatoms. The molecule has 1 aromatic carbocycles. The van der Waals surface area contributed by atoms with Gasteiger partial charge in [0.2, 0.25) is 5.91 Å². The molecule has 0 saturated carbocycles. The van der Waals surface area contributed by atoms with Crippen LogP contribution in [0, 0.1) is 12.8 Å². The van der Waals surface area contributed by atoms with E-state index in [0.29, 0.717) is 17.5 Å². The Morgan fingerprint density at radius 2 is 2.19 bits per heavy atom. The number of amides is 1. The molecule has 0 spiro atoms. The number of carbonyl (C=O) groups is 1. The number of rotatable bonds is 4. The van der Waals surface area contributed by atoms with E-state index in [0.717, 1.165) is 36.4 Å². The number of hydrogen-bond donors (Lipinski definition) is 2. The highest BCUT2D eigenvalue weighted by atomic mass is 32.1. The van der Waals surface area contributed by atoms with Crippen molar-refractivity contribution in [1.82, 2.24) is 5.32 Å². The lowest BCUT2D eigenvalue weighted by atomic mass is 10.1. The minimum atomic E-state index is 0.204. The predicted molar refractivity (Wildman–Crippen MR) is 91.8 cm³/mol. The van der Waals surface area contributed by atoms with Crippen molar-refractivity contribution >= 4 is 34.6 Å². The van der Waals surface area contributed by atoms with Gasteiger partial charge in [-0.2, -0.15) is 0 Å². The number of nitrogens with one attached hydrogen (secondary N) is 2. The maximum atomic E-state index is 11.9. The maximum Gasteiger partial charge on any atom is 0.227 e. The van der Waals surface area contributed by atoms with Crippen LogP contribution >= 0.6 is 12.2 Å². The molecular formula is C16H23N3OS. The molecule has 21 heavy (non-hydrogen) atoms. The summed E-state index contributed by atoms with van der Waals surface area (Å²) in [5, 5.41) is 6.99. The molecule has 4 nitrogen and oxygen atoms in total. The lowest BCUT2D eigenvalue weighted by Gasteiger charge is -2.20. The molecule has 1 aromatic rings. The summed E-state index contributed by atoms with van der Waals surface area (Å²) < 4.78 is 0. The average Bonchev–Trinajstić information content (AvgIpc) is 2.85. The molecule has 2 rings (SSSR count). The van der Waals surface area contributed by atoms with E-state index in [4.69, 9.17) is 12.2 Å². The second kappa shape index (κ2) is 6.89. The molecule has 0 aromatic heterocycles. The summed E-state index contributed by atoms with van der Waals surface area (Å²) >= 11 is 5.29. The van der Waals surface area contributed by atoms with Crippen LogP contribution in [0.2, 0.25) is 0 Å². The average molecular weight is 305 g/mol. The molecule has 1 saturated heterocycles. The Hall–Kier alpha value is -1.62. The van der Waals surface area contributed by atoms with Gasteiger partial charge in [-0.3, -0.25) is 4.79 Å². The minimum absolute atomic E-state index is 0.204. The van der Waals surface area contributed by atoms with Gasteiger partial charge >= 0.3 is 0 Å². The van der Waals surface area contributed by atoms with E-state index >= 15 is 0 Å². The van der Waals surface area contributed by atoms with E-state index in [1.165, 1.54) is 0 Å².